The minimum Gasteiger partial charge on any atom is -0.495 e. The van der Waals surface area contributed by atoms with Crippen molar-refractivity contribution in [3.05, 3.63) is 42.4 Å². The topological polar surface area (TPSA) is 59.9 Å². The van der Waals surface area contributed by atoms with E-state index in [4.69, 9.17) is 4.74 Å². The van der Waals surface area contributed by atoms with Gasteiger partial charge in [-0.1, -0.05) is 6.07 Å². The summed E-state index contributed by atoms with van der Waals surface area (Å²) in [5, 5.41) is 10.9. The summed E-state index contributed by atoms with van der Waals surface area (Å²) < 4.78 is 5.05. The number of hydrogen-bond donors (Lipinski definition) is 1. The second-order valence-electron chi connectivity index (χ2n) is 3.20. The first kappa shape index (κ1) is 10.4. The molecule has 0 aromatic carbocycles. The predicted octanol–water partition coefficient (Wildman–Crippen LogP) is 1.49. The minimum atomic E-state index is 0.662. The van der Waals surface area contributed by atoms with Crippen molar-refractivity contribution in [3.63, 3.8) is 0 Å². The zero-order valence-corrected chi connectivity index (χ0v) is 8.92. The van der Waals surface area contributed by atoms with Gasteiger partial charge in [-0.15, -0.1) is 5.10 Å². The van der Waals surface area contributed by atoms with Crippen molar-refractivity contribution in [2.45, 2.75) is 6.54 Å². The van der Waals surface area contributed by atoms with Crippen LogP contribution >= 0.6 is 0 Å². The normalized spacial score (nSPS) is 9.81. The van der Waals surface area contributed by atoms with Crippen LogP contribution in [0.1, 0.15) is 5.56 Å². The fourth-order valence-corrected chi connectivity index (χ4v) is 1.24. The highest BCUT2D eigenvalue weighted by Gasteiger charge is 1.98. The molecule has 1 N–H and O–H groups in total. The van der Waals surface area contributed by atoms with Gasteiger partial charge in [0.1, 0.15) is 5.75 Å². The number of nitrogens with zero attached hydrogens (tertiary/aromatic N) is 3. The highest BCUT2D eigenvalue weighted by molar-refractivity contribution is 5.39. The average Bonchev–Trinajstić information content (AvgIpc) is 2.38. The van der Waals surface area contributed by atoms with E-state index in [1.807, 2.05) is 12.1 Å². The van der Waals surface area contributed by atoms with E-state index >= 15 is 0 Å². The van der Waals surface area contributed by atoms with E-state index in [9.17, 15) is 0 Å². The third-order valence-corrected chi connectivity index (χ3v) is 2.06. The molecule has 0 saturated carbocycles. The summed E-state index contributed by atoms with van der Waals surface area (Å²) in [4.78, 5) is 4.03. The molecule has 82 valence electrons. The van der Waals surface area contributed by atoms with Gasteiger partial charge < -0.3 is 10.1 Å². The van der Waals surface area contributed by atoms with Crippen LogP contribution in [-0.4, -0.2) is 22.3 Å². The van der Waals surface area contributed by atoms with Crippen molar-refractivity contribution in [2.75, 3.05) is 12.4 Å². The van der Waals surface area contributed by atoms with E-state index in [1.165, 1.54) is 0 Å². The number of nitrogens with one attached hydrogen (secondary N) is 1. The lowest BCUT2D eigenvalue weighted by Gasteiger charge is -2.05. The van der Waals surface area contributed by atoms with Crippen molar-refractivity contribution in [3.8, 4) is 5.75 Å². The van der Waals surface area contributed by atoms with Gasteiger partial charge in [0.2, 0.25) is 0 Å². The lowest BCUT2D eigenvalue weighted by atomic mass is 10.3. The Labute approximate surface area is 93.5 Å². The standard InChI is InChI=1S/C11H12N4O/c1-16-10-5-11(15-14-8-10)13-7-9-3-2-4-12-6-9/h2-6,8H,7H2,1H3,(H,13,15). The highest BCUT2D eigenvalue weighted by Crippen LogP contribution is 2.12. The maximum absolute atomic E-state index is 5.05. The van der Waals surface area contributed by atoms with E-state index < -0.39 is 0 Å². The first-order valence-corrected chi connectivity index (χ1v) is 4.88. The Hall–Kier alpha value is -2.17. The molecule has 0 amide bonds. The molecule has 0 saturated heterocycles. The second-order valence-corrected chi connectivity index (χ2v) is 3.20. The predicted molar refractivity (Wildman–Crippen MR) is 60.1 cm³/mol. The fourth-order valence-electron chi connectivity index (χ4n) is 1.24. The summed E-state index contributed by atoms with van der Waals surface area (Å²) in [5.41, 5.74) is 1.09. The molecule has 0 radical (unpaired) electrons. The van der Waals surface area contributed by atoms with Crippen molar-refractivity contribution in [2.24, 2.45) is 0 Å². The monoisotopic (exact) mass is 216 g/mol. The molecule has 16 heavy (non-hydrogen) atoms. The quantitative estimate of drug-likeness (QED) is 0.839. The first-order valence-electron chi connectivity index (χ1n) is 4.88. The lowest BCUT2D eigenvalue weighted by molar-refractivity contribution is 0.412. The van der Waals surface area contributed by atoms with Crippen molar-refractivity contribution < 1.29 is 4.74 Å². The van der Waals surface area contributed by atoms with Crippen LogP contribution in [-0.2, 0) is 6.54 Å². The summed E-state index contributed by atoms with van der Waals surface area (Å²) >= 11 is 0. The van der Waals surface area contributed by atoms with E-state index in [0.29, 0.717) is 18.1 Å². The molecule has 0 unspecified atom stereocenters. The van der Waals surface area contributed by atoms with Gasteiger partial charge >= 0.3 is 0 Å². The molecule has 0 bridgehead atoms. The Kier molecular flexibility index (Phi) is 3.28. The highest BCUT2D eigenvalue weighted by atomic mass is 16.5. The van der Waals surface area contributed by atoms with Crippen LogP contribution in [0.15, 0.2) is 36.8 Å². The Balaban J connectivity index is 1.99. The molecule has 0 fully saturated rings. The molecular weight excluding hydrogens is 204 g/mol. The molecule has 5 nitrogen and oxygen atoms in total. The van der Waals surface area contributed by atoms with E-state index in [2.05, 4.69) is 20.5 Å². The van der Waals surface area contributed by atoms with Crippen molar-refractivity contribution in [1.82, 2.24) is 15.2 Å². The Morgan fingerprint density at radius 3 is 3.06 bits per heavy atom. The van der Waals surface area contributed by atoms with Gasteiger partial charge in [-0.3, -0.25) is 4.98 Å². The SMILES string of the molecule is COc1cnnc(NCc2cccnc2)c1. The van der Waals surface area contributed by atoms with E-state index in [-0.39, 0.29) is 0 Å². The number of pyridine rings is 1. The van der Waals surface area contributed by atoms with Gasteiger partial charge in [0.25, 0.3) is 0 Å². The molecule has 2 rings (SSSR count). The molecular formula is C11H12N4O. The van der Waals surface area contributed by atoms with Gasteiger partial charge in [-0.05, 0) is 11.6 Å². The molecule has 2 heterocycles. The van der Waals surface area contributed by atoms with Gasteiger partial charge in [0.05, 0.1) is 13.3 Å². The molecule has 0 aliphatic carbocycles. The van der Waals surface area contributed by atoms with Gasteiger partial charge in [0.15, 0.2) is 5.82 Å². The van der Waals surface area contributed by atoms with Crippen molar-refractivity contribution >= 4 is 5.82 Å². The molecule has 0 aliphatic rings. The Bertz CT molecular complexity index is 447. The van der Waals surface area contributed by atoms with Crippen LogP contribution in [0.2, 0.25) is 0 Å². The summed E-state index contributed by atoms with van der Waals surface area (Å²) in [6.07, 6.45) is 5.12. The van der Waals surface area contributed by atoms with Crippen LogP contribution in [0, 0.1) is 0 Å². The Morgan fingerprint density at radius 2 is 2.31 bits per heavy atom. The smallest absolute Gasteiger partial charge is 0.152 e. The maximum Gasteiger partial charge on any atom is 0.152 e. The summed E-state index contributed by atoms with van der Waals surface area (Å²) in [7, 11) is 1.60. The summed E-state index contributed by atoms with van der Waals surface area (Å²) in [5.74, 6) is 1.37. The average molecular weight is 216 g/mol. The molecule has 2 aromatic heterocycles. The Morgan fingerprint density at radius 1 is 1.38 bits per heavy atom. The fraction of sp³-hybridized carbons (Fsp3) is 0.182. The number of rotatable bonds is 4. The molecule has 0 aliphatic heterocycles. The number of aromatic nitrogens is 3. The number of hydrogen-bond acceptors (Lipinski definition) is 5. The van der Waals surface area contributed by atoms with Crippen LogP contribution in [0.25, 0.3) is 0 Å². The zero-order valence-electron chi connectivity index (χ0n) is 8.92. The third kappa shape index (κ3) is 2.66. The number of methoxy groups -OCH3 is 1. The summed E-state index contributed by atoms with van der Waals surface area (Å²) in [6, 6.07) is 5.69. The second kappa shape index (κ2) is 5.06. The molecule has 5 heteroatoms. The van der Waals surface area contributed by atoms with Crippen LogP contribution < -0.4 is 10.1 Å². The van der Waals surface area contributed by atoms with Crippen LogP contribution in [0.3, 0.4) is 0 Å². The maximum atomic E-state index is 5.05. The molecule has 2 aromatic rings. The summed E-state index contributed by atoms with van der Waals surface area (Å²) in [6.45, 7) is 0.662. The number of anilines is 1. The lowest BCUT2D eigenvalue weighted by Crippen LogP contribution is -2.02. The molecule has 0 spiro atoms. The van der Waals surface area contributed by atoms with Crippen molar-refractivity contribution in [1.29, 1.82) is 0 Å². The zero-order chi connectivity index (χ0) is 11.2. The van der Waals surface area contributed by atoms with Crippen LogP contribution in [0.4, 0.5) is 5.82 Å². The molecule has 0 atom stereocenters. The number of ether oxygens (including phenoxy) is 1. The van der Waals surface area contributed by atoms with E-state index in [1.54, 1.807) is 31.8 Å². The third-order valence-electron chi connectivity index (χ3n) is 2.06. The minimum absolute atomic E-state index is 0.662. The van der Waals surface area contributed by atoms with Gasteiger partial charge in [-0.2, -0.15) is 5.10 Å². The van der Waals surface area contributed by atoms with Gasteiger partial charge in [-0.25, -0.2) is 0 Å². The van der Waals surface area contributed by atoms with E-state index in [0.717, 1.165) is 5.56 Å². The largest absolute Gasteiger partial charge is 0.495 e. The van der Waals surface area contributed by atoms with Gasteiger partial charge in [0, 0.05) is 25.0 Å². The first-order chi connectivity index (χ1) is 7.88. The van der Waals surface area contributed by atoms with Crippen LogP contribution in [0.5, 0.6) is 5.75 Å².